The predicted octanol–water partition coefficient (Wildman–Crippen LogP) is -0.192. The summed E-state index contributed by atoms with van der Waals surface area (Å²) in [5, 5.41) is 8.76. The molecule has 11 nitrogen and oxygen atoms in total. The van der Waals surface area contributed by atoms with Gasteiger partial charge in [-0.25, -0.2) is 4.79 Å². The molecule has 0 saturated carbocycles. The Morgan fingerprint density at radius 1 is 0.944 bits per heavy atom. The fourth-order valence-electron chi connectivity index (χ4n) is 6.49. The number of nitrogens with zero attached hydrogens (tertiary/aromatic N) is 3. The molecule has 0 radical (unpaired) electrons. The Morgan fingerprint density at radius 3 is 2.53 bits per heavy atom. The lowest BCUT2D eigenvalue weighted by atomic mass is 9.95. The van der Waals surface area contributed by atoms with Gasteiger partial charge in [0.2, 0.25) is 11.8 Å². The fourth-order valence-corrected chi connectivity index (χ4v) is 6.49. The maximum absolute atomic E-state index is 13.4. The summed E-state index contributed by atoms with van der Waals surface area (Å²) in [5.74, 6) is -1.98. The van der Waals surface area contributed by atoms with Crippen LogP contribution in [0.3, 0.4) is 0 Å². The van der Waals surface area contributed by atoms with Crippen LogP contribution < -0.4 is 16.0 Å². The molecule has 1 aromatic rings. The Morgan fingerprint density at radius 2 is 1.75 bits per heavy atom. The van der Waals surface area contributed by atoms with Crippen LogP contribution in [0.15, 0.2) is 18.2 Å². The second-order valence-electron chi connectivity index (χ2n) is 10.3. The number of nitrogens with one attached hydrogen (secondary N) is 3. The molecular weight excluding hydrogens is 464 g/mol. The first-order chi connectivity index (χ1) is 17.4. The molecule has 6 rings (SSSR count). The zero-order valence-electron chi connectivity index (χ0n) is 20.0. The standard InChI is InChI=1S/C25H30N6O5/c32-20-5-4-19(22(33)28-20)31-23(34)16-3-1-2-14(21(16)24(31)35)12-29-11-8-18-17(13-29)27-25(36)30(18)15-6-9-26-10-7-15/h1-3,15,17-19,26H,4-13H2,(H,27,36)(H,28,32,33). The van der Waals surface area contributed by atoms with E-state index in [1.165, 1.54) is 0 Å². The van der Waals surface area contributed by atoms with Crippen LogP contribution >= 0.6 is 0 Å². The van der Waals surface area contributed by atoms with Crippen molar-refractivity contribution < 1.29 is 24.0 Å². The molecule has 5 aliphatic rings. The highest BCUT2D eigenvalue weighted by atomic mass is 16.2. The average Bonchev–Trinajstić information content (AvgIpc) is 3.33. The third-order valence-corrected chi connectivity index (χ3v) is 8.21. The van der Waals surface area contributed by atoms with E-state index in [1.807, 2.05) is 6.07 Å². The smallest absolute Gasteiger partial charge is 0.318 e. The minimum absolute atomic E-state index is 0.0139. The Kier molecular flexibility index (Phi) is 5.76. The molecule has 0 aromatic heterocycles. The Hall–Kier alpha value is -3.31. The highest BCUT2D eigenvalue weighted by molar-refractivity contribution is 6.24. The zero-order chi connectivity index (χ0) is 25.0. The van der Waals surface area contributed by atoms with Crippen LogP contribution in [-0.2, 0) is 16.1 Å². The molecule has 190 valence electrons. The van der Waals surface area contributed by atoms with Gasteiger partial charge in [0.1, 0.15) is 6.04 Å². The first kappa shape index (κ1) is 23.1. The number of imide groups is 2. The molecule has 5 heterocycles. The van der Waals surface area contributed by atoms with Crippen molar-refractivity contribution in [1.82, 2.24) is 30.7 Å². The third-order valence-electron chi connectivity index (χ3n) is 8.21. The van der Waals surface area contributed by atoms with Crippen molar-refractivity contribution in [3.8, 4) is 0 Å². The summed E-state index contributed by atoms with van der Waals surface area (Å²) in [7, 11) is 0. The molecule has 0 spiro atoms. The minimum atomic E-state index is -0.978. The van der Waals surface area contributed by atoms with Crippen molar-refractivity contribution in [3.63, 3.8) is 0 Å². The van der Waals surface area contributed by atoms with Gasteiger partial charge in [0.05, 0.1) is 23.2 Å². The summed E-state index contributed by atoms with van der Waals surface area (Å²) in [6.45, 7) is 3.78. The van der Waals surface area contributed by atoms with E-state index >= 15 is 0 Å². The van der Waals surface area contributed by atoms with Gasteiger partial charge >= 0.3 is 6.03 Å². The fraction of sp³-hybridized carbons (Fsp3) is 0.560. The summed E-state index contributed by atoms with van der Waals surface area (Å²) in [6, 6.07) is 4.72. The highest BCUT2D eigenvalue weighted by Gasteiger charge is 2.47. The monoisotopic (exact) mass is 494 g/mol. The van der Waals surface area contributed by atoms with E-state index in [0.717, 1.165) is 49.4 Å². The molecule has 1 aromatic carbocycles. The van der Waals surface area contributed by atoms with Gasteiger partial charge in [0, 0.05) is 32.1 Å². The first-order valence-electron chi connectivity index (χ1n) is 12.8. The highest BCUT2D eigenvalue weighted by Crippen LogP contribution is 2.32. The topological polar surface area (TPSA) is 131 Å². The molecule has 6 amide bonds. The van der Waals surface area contributed by atoms with Gasteiger partial charge in [0.25, 0.3) is 11.8 Å². The van der Waals surface area contributed by atoms with E-state index in [4.69, 9.17) is 0 Å². The van der Waals surface area contributed by atoms with Gasteiger partial charge in [-0.15, -0.1) is 0 Å². The van der Waals surface area contributed by atoms with Gasteiger partial charge in [-0.2, -0.15) is 0 Å². The SMILES string of the molecule is O=C1CCC(N2C(=O)c3cccc(CN4CCC5C(C4)NC(=O)N5C4CCNCC4)c3C2=O)C(=O)N1. The maximum atomic E-state index is 13.4. The molecule has 5 aliphatic heterocycles. The van der Waals surface area contributed by atoms with Crippen molar-refractivity contribution in [2.45, 2.75) is 62.8 Å². The number of hydrogen-bond donors (Lipinski definition) is 3. The second-order valence-corrected chi connectivity index (χ2v) is 10.3. The summed E-state index contributed by atoms with van der Waals surface area (Å²) in [5.41, 5.74) is 1.36. The number of carbonyl (C=O) groups is 5. The van der Waals surface area contributed by atoms with Crippen LogP contribution in [0.2, 0.25) is 0 Å². The molecule has 11 heteroatoms. The van der Waals surface area contributed by atoms with E-state index < -0.39 is 29.7 Å². The molecule has 3 atom stereocenters. The Labute approximate surface area is 208 Å². The summed E-state index contributed by atoms with van der Waals surface area (Å²) < 4.78 is 0. The normalized spacial score (nSPS) is 29.3. The van der Waals surface area contributed by atoms with Crippen LogP contribution in [0.5, 0.6) is 0 Å². The number of likely N-dealkylation sites (tertiary alicyclic amines) is 1. The summed E-state index contributed by atoms with van der Waals surface area (Å²) in [4.78, 5) is 68.5. The van der Waals surface area contributed by atoms with Crippen molar-refractivity contribution in [3.05, 3.63) is 34.9 Å². The summed E-state index contributed by atoms with van der Waals surface area (Å²) in [6.07, 6.45) is 3.01. The number of hydrogen-bond acceptors (Lipinski definition) is 7. The number of benzene rings is 1. The molecule has 0 bridgehead atoms. The second kappa shape index (κ2) is 8.97. The summed E-state index contributed by atoms with van der Waals surface area (Å²) >= 11 is 0. The lowest BCUT2D eigenvalue weighted by Crippen LogP contribution is -2.54. The number of carbonyl (C=O) groups excluding carboxylic acids is 5. The Balaban J connectivity index is 1.17. The number of fused-ring (bicyclic) bond motifs is 2. The molecule has 4 saturated heterocycles. The maximum Gasteiger partial charge on any atom is 0.318 e. The Bertz CT molecular complexity index is 1150. The van der Waals surface area contributed by atoms with Crippen molar-refractivity contribution >= 4 is 29.7 Å². The van der Waals surface area contributed by atoms with Crippen LogP contribution in [0.25, 0.3) is 0 Å². The number of amides is 6. The number of rotatable bonds is 4. The van der Waals surface area contributed by atoms with Crippen LogP contribution in [-0.4, -0.2) is 94.7 Å². The molecule has 0 aliphatic carbocycles. The van der Waals surface area contributed by atoms with E-state index in [1.54, 1.807) is 12.1 Å². The molecule has 4 fully saturated rings. The minimum Gasteiger partial charge on any atom is -0.332 e. The quantitative estimate of drug-likeness (QED) is 0.495. The largest absolute Gasteiger partial charge is 0.332 e. The molecule has 3 unspecified atom stereocenters. The van der Waals surface area contributed by atoms with Crippen molar-refractivity contribution in [1.29, 1.82) is 0 Å². The molecular formula is C25H30N6O5. The van der Waals surface area contributed by atoms with Gasteiger partial charge in [-0.05, 0) is 50.4 Å². The van der Waals surface area contributed by atoms with Gasteiger partial charge in [0.15, 0.2) is 0 Å². The van der Waals surface area contributed by atoms with Crippen LogP contribution in [0.4, 0.5) is 4.79 Å². The zero-order valence-corrected chi connectivity index (χ0v) is 20.0. The predicted molar refractivity (Wildman–Crippen MR) is 127 cm³/mol. The van der Waals surface area contributed by atoms with Crippen LogP contribution in [0.1, 0.15) is 58.4 Å². The van der Waals surface area contributed by atoms with E-state index in [0.29, 0.717) is 24.2 Å². The van der Waals surface area contributed by atoms with Crippen LogP contribution in [0, 0.1) is 0 Å². The lowest BCUT2D eigenvalue weighted by Gasteiger charge is -2.40. The van der Waals surface area contributed by atoms with Gasteiger partial charge in [-0.3, -0.25) is 34.3 Å². The van der Waals surface area contributed by atoms with Crippen molar-refractivity contribution in [2.24, 2.45) is 0 Å². The average molecular weight is 495 g/mol. The first-order valence-corrected chi connectivity index (χ1v) is 12.8. The van der Waals surface area contributed by atoms with E-state index in [2.05, 4.69) is 25.8 Å². The third kappa shape index (κ3) is 3.77. The molecule has 36 heavy (non-hydrogen) atoms. The lowest BCUT2D eigenvalue weighted by molar-refractivity contribution is -0.136. The van der Waals surface area contributed by atoms with E-state index in [-0.39, 0.29) is 37.0 Å². The van der Waals surface area contributed by atoms with E-state index in [9.17, 15) is 24.0 Å². The van der Waals surface area contributed by atoms with Gasteiger partial charge < -0.3 is 15.5 Å². The van der Waals surface area contributed by atoms with Gasteiger partial charge in [-0.1, -0.05) is 12.1 Å². The number of piperidine rings is 3. The number of urea groups is 1. The van der Waals surface area contributed by atoms with Crippen molar-refractivity contribution in [2.75, 3.05) is 26.2 Å². The molecule has 3 N–H and O–H groups in total.